The lowest BCUT2D eigenvalue weighted by molar-refractivity contribution is -0.152. The summed E-state index contributed by atoms with van der Waals surface area (Å²) in [4.78, 5) is 14.1. The Balaban J connectivity index is 2.39. The van der Waals surface area contributed by atoms with Crippen molar-refractivity contribution in [2.24, 2.45) is 5.41 Å². The van der Waals surface area contributed by atoms with Crippen LogP contribution >= 0.6 is 0 Å². The van der Waals surface area contributed by atoms with Gasteiger partial charge in [-0.1, -0.05) is 20.7 Å². The molecule has 2 saturated heterocycles. The Labute approximate surface area is 98.8 Å². The minimum Gasteiger partial charge on any atom is -0.461 e. The molecule has 2 atom stereocenters. The molecule has 3 nitrogen and oxygen atoms in total. The number of carbonyl (C=O) groups excluding carboxylic acids is 1. The molecule has 0 amide bonds. The van der Waals surface area contributed by atoms with E-state index in [-0.39, 0.29) is 29.1 Å². The molecule has 2 bridgehead atoms. The van der Waals surface area contributed by atoms with Crippen LogP contribution in [0.15, 0.2) is 0 Å². The number of esters is 1. The van der Waals surface area contributed by atoms with Crippen molar-refractivity contribution in [3.63, 3.8) is 0 Å². The van der Waals surface area contributed by atoms with Gasteiger partial charge in [-0.25, -0.2) is 0 Å². The molecule has 16 heavy (non-hydrogen) atoms. The van der Waals surface area contributed by atoms with Gasteiger partial charge in [0.15, 0.2) is 0 Å². The van der Waals surface area contributed by atoms with Gasteiger partial charge < -0.3 is 9.55 Å². The average molecular weight is 222 g/mol. The highest BCUT2D eigenvalue weighted by Gasteiger charge is 2.53. The lowest BCUT2D eigenvalue weighted by Crippen LogP contribution is -2.54. The summed E-state index contributed by atoms with van der Waals surface area (Å²) in [6.45, 7) is 10.8. The molecule has 0 aromatic heterocycles. The van der Waals surface area contributed by atoms with Crippen LogP contribution in [-0.4, -0.2) is 35.9 Å². The first kappa shape index (κ1) is 12.0. The molecule has 0 aromatic carbocycles. The van der Waals surface area contributed by atoms with Gasteiger partial charge in [0.05, 0.1) is 0 Å². The van der Waals surface area contributed by atoms with E-state index in [1.54, 1.807) is 0 Å². The fraction of sp³-hybridized carbons (Fsp3) is 0.917. The summed E-state index contributed by atoms with van der Waals surface area (Å²) in [5.41, 5.74) is 0.0861. The minimum atomic E-state index is -0.0771. The van der Waals surface area contributed by atoms with Crippen molar-refractivity contribution in [3.05, 3.63) is 0 Å². The zero-order valence-corrected chi connectivity index (χ0v) is 10.9. The Morgan fingerprint density at radius 2 is 2.00 bits per heavy atom. The molecule has 2 fully saturated rings. The first-order valence-corrected chi connectivity index (χ1v) is 6.06. The molecular weight excluding hydrogens is 201 g/mol. The summed E-state index contributed by atoms with van der Waals surface area (Å²) < 4.78 is 5.51. The molecule has 89 valence electrons. The second kappa shape index (κ2) is 3.49. The molecule has 2 heterocycles. The first-order valence-electron chi connectivity index (χ1n) is 6.06. The van der Waals surface area contributed by atoms with Crippen LogP contribution in [0.1, 0.15) is 40.5 Å². The summed E-state index contributed by atoms with van der Waals surface area (Å²) in [6, 6.07) is -0.0771. The number of fused-ring (bicyclic) bond motifs is 2. The fourth-order valence-corrected chi connectivity index (χ4v) is 3.54. The van der Waals surface area contributed by atoms with Gasteiger partial charge in [0.25, 0.3) is 0 Å². The summed E-state index contributed by atoms with van der Waals surface area (Å²) in [7, 11) is 2.04. The second-order valence-corrected chi connectivity index (χ2v) is 6.32. The fourth-order valence-electron chi connectivity index (χ4n) is 3.54. The van der Waals surface area contributed by atoms with Crippen LogP contribution in [0, 0.1) is 5.41 Å². The monoisotopic (exact) mass is 222 g/mol. The van der Waals surface area contributed by atoms with E-state index in [1.807, 2.05) is 14.2 Å². The summed E-state index contributed by atoms with van der Waals surface area (Å²) in [6.07, 6.45) is 1.95. The maximum Gasteiger partial charge on any atom is 0.322 e. The molecule has 2 aliphatic rings. The number of carbonyl (C=O) groups is 1. The summed E-state index contributed by atoms with van der Waals surface area (Å²) in [5.74, 6) is -0.0519. The Morgan fingerprint density at radius 1 is 1.38 bits per heavy atom. The van der Waals surface area contributed by atoms with Crippen molar-refractivity contribution in [1.82, 2.24) is 4.81 Å². The largest absolute Gasteiger partial charge is 0.461 e. The van der Waals surface area contributed by atoms with E-state index >= 15 is 0 Å². The van der Waals surface area contributed by atoms with Gasteiger partial charge in [0, 0.05) is 17.4 Å². The van der Waals surface area contributed by atoms with Gasteiger partial charge in [0.1, 0.15) is 12.1 Å². The average Bonchev–Trinajstić information content (AvgIpc) is 2.44. The maximum atomic E-state index is 11.9. The smallest absolute Gasteiger partial charge is 0.322 e. The van der Waals surface area contributed by atoms with E-state index in [0.29, 0.717) is 0 Å². The number of ether oxygens (including phenoxy) is 1. The Hall–Kier alpha value is -0.505. The van der Waals surface area contributed by atoms with Gasteiger partial charge in [0.2, 0.25) is 7.41 Å². The summed E-state index contributed by atoms with van der Waals surface area (Å²) in [5, 5.41) is 0. The van der Waals surface area contributed by atoms with E-state index in [1.165, 1.54) is 0 Å². The van der Waals surface area contributed by atoms with Crippen LogP contribution in [-0.2, 0) is 9.53 Å². The zero-order valence-electron chi connectivity index (χ0n) is 10.9. The third-order valence-electron chi connectivity index (χ3n) is 4.04. The van der Waals surface area contributed by atoms with Crippen molar-refractivity contribution >= 4 is 13.4 Å². The predicted molar refractivity (Wildman–Crippen MR) is 64.2 cm³/mol. The number of hydrogen-bond donors (Lipinski definition) is 0. The highest BCUT2D eigenvalue weighted by atomic mass is 16.6. The number of hydrogen-bond acceptors (Lipinski definition) is 3. The van der Waals surface area contributed by atoms with E-state index in [2.05, 4.69) is 32.5 Å². The Morgan fingerprint density at radius 3 is 2.56 bits per heavy atom. The molecule has 1 radical (unpaired) electrons. The molecule has 2 aliphatic heterocycles. The molecule has 2 unspecified atom stereocenters. The zero-order chi connectivity index (χ0) is 12.1. The van der Waals surface area contributed by atoms with Crippen molar-refractivity contribution in [3.8, 4) is 0 Å². The maximum absolute atomic E-state index is 11.9. The van der Waals surface area contributed by atoms with Crippen LogP contribution in [0.3, 0.4) is 0 Å². The van der Waals surface area contributed by atoms with E-state index < -0.39 is 0 Å². The van der Waals surface area contributed by atoms with Gasteiger partial charge in [-0.3, -0.25) is 4.79 Å². The van der Waals surface area contributed by atoms with Crippen LogP contribution in [0.4, 0.5) is 0 Å². The van der Waals surface area contributed by atoms with Crippen molar-refractivity contribution in [2.75, 3.05) is 0 Å². The highest BCUT2D eigenvalue weighted by Crippen LogP contribution is 2.45. The molecule has 2 rings (SSSR count). The minimum absolute atomic E-state index is 0.0249. The number of rotatable bonds is 1. The first-order chi connectivity index (χ1) is 7.28. The quantitative estimate of drug-likeness (QED) is 0.500. The molecule has 0 N–H and O–H groups in total. The van der Waals surface area contributed by atoms with Gasteiger partial charge in [-0.05, 0) is 20.3 Å². The standard InChI is InChI=1S/C12H21BNO2/c1-11(2)7-12(3,4)14(13-5)8-6-9(11)16-10(8)15/h8-9H,6-7H2,1-5H3. The van der Waals surface area contributed by atoms with Crippen molar-refractivity contribution in [2.45, 2.75) is 65.0 Å². The molecule has 0 spiro atoms. The second-order valence-electron chi connectivity index (χ2n) is 6.32. The molecule has 0 saturated carbocycles. The van der Waals surface area contributed by atoms with Crippen molar-refractivity contribution in [1.29, 1.82) is 0 Å². The highest BCUT2D eigenvalue weighted by molar-refractivity contribution is 6.31. The molecule has 0 aromatic rings. The van der Waals surface area contributed by atoms with Gasteiger partial charge in [-0.2, -0.15) is 0 Å². The predicted octanol–water partition coefficient (Wildman–Crippen LogP) is 1.85. The topological polar surface area (TPSA) is 29.5 Å². The van der Waals surface area contributed by atoms with Gasteiger partial charge in [-0.15, -0.1) is 0 Å². The number of nitrogens with zero attached hydrogens (tertiary/aromatic N) is 1. The third kappa shape index (κ3) is 1.67. The third-order valence-corrected chi connectivity index (χ3v) is 4.04. The summed E-state index contributed by atoms with van der Waals surface area (Å²) >= 11 is 0. The van der Waals surface area contributed by atoms with Crippen molar-refractivity contribution < 1.29 is 9.53 Å². The SMILES string of the molecule is C[B]N1C2CC(OC2=O)C(C)(C)CC1(C)C. The van der Waals surface area contributed by atoms with E-state index in [0.717, 1.165) is 12.8 Å². The van der Waals surface area contributed by atoms with Crippen LogP contribution < -0.4 is 0 Å². The lowest BCUT2D eigenvalue weighted by atomic mass is 9.74. The van der Waals surface area contributed by atoms with E-state index in [4.69, 9.17) is 4.74 Å². The Bertz CT molecular complexity index is 314. The Kier molecular flexibility index (Phi) is 2.61. The van der Waals surface area contributed by atoms with E-state index in [9.17, 15) is 4.79 Å². The lowest BCUT2D eigenvalue weighted by Gasteiger charge is -2.44. The van der Waals surface area contributed by atoms with Crippen LogP contribution in [0.25, 0.3) is 0 Å². The molecule has 0 aliphatic carbocycles. The van der Waals surface area contributed by atoms with Gasteiger partial charge >= 0.3 is 5.97 Å². The molecular formula is C12H21BNO2. The normalized spacial score (nSPS) is 36.7. The van der Waals surface area contributed by atoms with Crippen LogP contribution in [0.2, 0.25) is 6.82 Å². The molecule has 4 heteroatoms. The van der Waals surface area contributed by atoms with Crippen LogP contribution in [0.5, 0.6) is 0 Å².